The van der Waals surface area contributed by atoms with Crippen molar-refractivity contribution in [3.63, 3.8) is 0 Å². The summed E-state index contributed by atoms with van der Waals surface area (Å²) in [6, 6.07) is 13.1. The Bertz CT molecular complexity index is 855. The van der Waals surface area contributed by atoms with Crippen molar-refractivity contribution in [2.45, 2.75) is 38.1 Å². The van der Waals surface area contributed by atoms with Crippen LogP contribution in [0.15, 0.2) is 61.2 Å². The van der Waals surface area contributed by atoms with Crippen LogP contribution in [0, 0.1) is 0 Å². The molecule has 0 radical (unpaired) electrons. The van der Waals surface area contributed by atoms with E-state index in [1.165, 1.54) is 18.4 Å². The second-order valence-electron chi connectivity index (χ2n) is 7.16. The molecule has 1 atom stereocenters. The number of benzene rings is 1. The van der Waals surface area contributed by atoms with Crippen LogP contribution < -0.4 is 5.32 Å². The van der Waals surface area contributed by atoms with Gasteiger partial charge < -0.3 is 5.32 Å². The quantitative estimate of drug-likeness (QED) is 0.669. The van der Waals surface area contributed by atoms with Gasteiger partial charge in [-0.1, -0.05) is 36.8 Å². The number of hydrogen-bond acceptors (Lipinski definition) is 6. The number of nitrogens with one attached hydrogen (secondary N) is 1. The number of likely N-dealkylation sites (tertiary alicyclic amines) is 1. The van der Waals surface area contributed by atoms with Crippen LogP contribution in [0.25, 0.3) is 0 Å². The monoisotopic (exact) mass is 374 g/mol. The lowest BCUT2D eigenvalue weighted by molar-refractivity contribution is 0.144. The van der Waals surface area contributed by atoms with Crippen LogP contribution in [0.4, 0.5) is 11.8 Å². The Kier molecular flexibility index (Phi) is 6.19. The third-order valence-electron chi connectivity index (χ3n) is 5.19. The first kappa shape index (κ1) is 18.5. The number of nitrogens with zero attached hydrogens (tertiary/aromatic N) is 5. The molecule has 1 aliphatic rings. The Morgan fingerprint density at radius 1 is 1.00 bits per heavy atom. The molecule has 1 saturated heterocycles. The van der Waals surface area contributed by atoms with Crippen LogP contribution in [-0.2, 0) is 6.42 Å². The first-order valence-corrected chi connectivity index (χ1v) is 10.0. The third-order valence-corrected chi connectivity index (χ3v) is 5.19. The van der Waals surface area contributed by atoms with Gasteiger partial charge in [0.1, 0.15) is 0 Å². The molecule has 1 aliphatic heterocycles. The molecule has 1 unspecified atom stereocenters. The third kappa shape index (κ3) is 4.89. The van der Waals surface area contributed by atoms with E-state index in [1.807, 2.05) is 12.3 Å². The van der Waals surface area contributed by atoms with Crippen LogP contribution in [-0.4, -0.2) is 37.9 Å². The maximum absolute atomic E-state index is 4.78. The molecule has 1 N–H and O–H groups in total. The molecular formula is C22H26N6. The van der Waals surface area contributed by atoms with Gasteiger partial charge in [0.05, 0.1) is 17.9 Å². The summed E-state index contributed by atoms with van der Waals surface area (Å²) in [6.45, 7) is 2.23. The molecule has 6 heteroatoms. The van der Waals surface area contributed by atoms with Crippen LogP contribution in [0.1, 0.15) is 43.0 Å². The van der Waals surface area contributed by atoms with E-state index >= 15 is 0 Å². The molecule has 0 aliphatic carbocycles. The molecule has 6 nitrogen and oxygen atoms in total. The van der Waals surface area contributed by atoms with Gasteiger partial charge in [0.15, 0.2) is 5.82 Å². The van der Waals surface area contributed by atoms with Crippen molar-refractivity contribution >= 4 is 11.8 Å². The minimum atomic E-state index is 0.356. The van der Waals surface area contributed by atoms with Gasteiger partial charge in [-0.15, -0.1) is 0 Å². The van der Waals surface area contributed by atoms with Gasteiger partial charge in [0.2, 0.25) is 5.95 Å². The number of aromatic nitrogens is 4. The molecule has 0 saturated carbocycles. The summed E-state index contributed by atoms with van der Waals surface area (Å²) >= 11 is 0. The van der Waals surface area contributed by atoms with Crippen molar-refractivity contribution in [2.24, 2.45) is 0 Å². The van der Waals surface area contributed by atoms with Crippen LogP contribution >= 0.6 is 0 Å². The normalized spacial score (nSPS) is 17.4. The fourth-order valence-electron chi connectivity index (χ4n) is 3.82. The van der Waals surface area contributed by atoms with Crippen molar-refractivity contribution in [3.05, 3.63) is 72.4 Å². The van der Waals surface area contributed by atoms with Crippen LogP contribution in [0.3, 0.4) is 0 Å². The lowest BCUT2D eigenvalue weighted by Crippen LogP contribution is -2.35. The molecule has 3 heterocycles. The van der Waals surface area contributed by atoms with E-state index in [0.717, 1.165) is 38.0 Å². The lowest BCUT2D eigenvalue weighted by atomic mass is 9.98. The molecule has 0 bridgehead atoms. The predicted octanol–water partition coefficient (Wildman–Crippen LogP) is 4.17. The summed E-state index contributed by atoms with van der Waals surface area (Å²) in [7, 11) is 0. The molecule has 144 valence electrons. The average Bonchev–Trinajstić information content (AvgIpc) is 2.76. The molecule has 2 aromatic heterocycles. The zero-order valence-electron chi connectivity index (χ0n) is 16.0. The SMILES string of the molecule is c1ccc(CCCN2CCCCC2c2ccnc(Nc3cnccn3)n2)cc1. The highest BCUT2D eigenvalue weighted by atomic mass is 15.2. The van der Waals surface area contributed by atoms with Gasteiger partial charge in [0, 0.05) is 18.6 Å². The van der Waals surface area contributed by atoms with Crippen LogP contribution in [0.2, 0.25) is 0 Å². The molecule has 28 heavy (non-hydrogen) atoms. The second-order valence-corrected chi connectivity index (χ2v) is 7.16. The zero-order valence-corrected chi connectivity index (χ0v) is 16.0. The second kappa shape index (κ2) is 9.37. The van der Waals surface area contributed by atoms with E-state index in [4.69, 9.17) is 4.98 Å². The first-order chi connectivity index (χ1) is 13.9. The minimum absolute atomic E-state index is 0.356. The number of aryl methyl sites for hydroxylation is 1. The van der Waals surface area contributed by atoms with Crippen molar-refractivity contribution in [1.29, 1.82) is 0 Å². The fourth-order valence-corrected chi connectivity index (χ4v) is 3.82. The van der Waals surface area contributed by atoms with E-state index in [1.54, 1.807) is 18.6 Å². The largest absolute Gasteiger partial charge is 0.307 e. The Balaban J connectivity index is 1.41. The molecule has 1 aromatic carbocycles. The van der Waals surface area contributed by atoms with E-state index in [2.05, 4.69) is 55.5 Å². The minimum Gasteiger partial charge on any atom is -0.307 e. The summed E-state index contributed by atoms with van der Waals surface area (Å²) < 4.78 is 0. The molecular weight excluding hydrogens is 348 g/mol. The maximum Gasteiger partial charge on any atom is 0.228 e. The number of anilines is 2. The number of piperidine rings is 1. The predicted molar refractivity (Wildman–Crippen MR) is 110 cm³/mol. The Hall–Kier alpha value is -2.86. The van der Waals surface area contributed by atoms with E-state index in [-0.39, 0.29) is 0 Å². The lowest BCUT2D eigenvalue weighted by Gasteiger charge is -2.35. The Morgan fingerprint density at radius 2 is 1.93 bits per heavy atom. The summed E-state index contributed by atoms with van der Waals surface area (Å²) in [5.41, 5.74) is 2.49. The van der Waals surface area contributed by atoms with Crippen molar-refractivity contribution < 1.29 is 0 Å². The van der Waals surface area contributed by atoms with E-state index in [0.29, 0.717) is 17.8 Å². The molecule has 3 aromatic rings. The highest BCUT2D eigenvalue weighted by Crippen LogP contribution is 2.30. The number of hydrogen-bond donors (Lipinski definition) is 1. The van der Waals surface area contributed by atoms with Crippen molar-refractivity contribution in [1.82, 2.24) is 24.8 Å². The van der Waals surface area contributed by atoms with Gasteiger partial charge >= 0.3 is 0 Å². The molecule has 0 amide bonds. The Morgan fingerprint density at radius 3 is 2.79 bits per heavy atom. The van der Waals surface area contributed by atoms with Gasteiger partial charge in [-0.2, -0.15) is 0 Å². The average molecular weight is 374 g/mol. The molecule has 4 rings (SSSR count). The summed E-state index contributed by atoms with van der Waals surface area (Å²) in [6.07, 6.45) is 12.7. The van der Waals surface area contributed by atoms with Crippen molar-refractivity contribution in [2.75, 3.05) is 18.4 Å². The van der Waals surface area contributed by atoms with Gasteiger partial charge in [-0.25, -0.2) is 15.0 Å². The Labute approximate surface area is 166 Å². The van der Waals surface area contributed by atoms with Gasteiger partial charge in [0.25, 0.3) is 0 Å². The van der Waals surface area contributed by atoms with Gasteiger partial charge in [-0.3, -0.25) is 9.88 Å². The van der Waals surface area contributed by atoms with Gasteiger partial charge in [-0.05, 0) is 50.4 Å². The van der Waals surface area contributed by atoms with Crippen molar-refractivity contribution in [3.8, 4) is 0 Å². The van der Waals surface area contributed by atoms with E-state index < -0.39 is 0 Å². The molecule has 0 spiro atoms. The van der Waals surface area contributed by atoms with Crippen LogP contribution in [0.5, 0.6) is 0 Å². The summed E-state index contributed by atoms with van der Waals surface area (Å²) in [4.78, 5) is 20.0. The first-order valence-electron chi connectivity index (χ1n) is 10.0. The standard InChI is InChI=1S/C22H26N6/c1-2-7-18(8-3-1)9-6-16-28-15-5-4-10-20(28)19-11-12-25-22(26-19)27-21-17-23-13-14-24-21/h1-3,7-8,11-14,17,20H,4-6,9-10,15-16H2,(H,24,25,26,27). The maximum atomic E-state index is 4.78. The topological polar surface area (TPSA) is 66.8 Å². The zero-order chi connectivity index (χ0) is 19.0. The smallest absolute Gasteiger partial charge is 0.228 e. The summed E-state index contributed by atoms with van der Waals surface area (Å²) in [5.74, 6) is 1.23. The fraction of sp³-hybridized carbons (Fsp3) is 0.364. The van der Waals surface area contributed by atoms with E-state index in [9.17, 15) is 0 Å². The summed E-state index contributed by atoms with van der Waals surface area (Å²) in [5, 5.41) is 3.15. The number of rotatable bonds is 7. The highest BCUT2D eigenvalue weighted by Gasteiger charge is 2.25. The molecule has 1 fully saturated rings. The highest BCUT2D eigenvalue weighted by molar-refractivity contribution is 5.45.